The van der Waals surface area contributed by atoms with Crippen LogP contribution in [0, 0.1) is 0 Å². The van der Waals surface area contributed by atoms with E-state index in [0.717, 1.165) is 18.6 Å². The SMILES string of the molecule is CCCC(=O)c1ccc2c(c1)C(C)COC2. The molecule has 1 unspecified atom stereocenters. The maximum absolute atomic E-state index is 11.8. The summed E-state index contributed by atoms with van der Waals surface area (Å²) in [6.45, 7) is 5.62. The minimum absolute atomic E-state index is 0.254. The van der Waals surface area contributed by atoms with Crippen LogP contribution in [0.1, 0.15) is 54.1 Å². The quantitative estimate of drug-likeness (QED) is 0.727. The standard InChI is InChI=1S/C14H18O2/c1-3-4-14(15)11-5-6-12-9-16-8-10(2)13(12)7-11/h5-7,10H,3-4,8-9H2,1-2H3. The highest BCUT2D eigenvalue weighted by Gasteiger charge is 2.18. The largest absolute Gasteiger partial charge is 0.376 e. The summed E-state index contributed by atoms with van der Waals surface area (Å²) in [5.74, 6) is 0.655. The number of carbonyl (C=O) groups excluding carboxylic acids is 1. The molecule has 1 aliphatic rings. The first-order valence-electron chi connectivity index (χ1n) is 5.96. The molecule has 1 aromatic rings. The summed E-state index contributed by atoms with van der Waals surface area (Å²) < 4.78 is 5.47. The molecule has 0 amide bonds. The lowest BCUT2D eigenvalue weighted by molar-refractivity contribution is 0.0941. The normalized spacial score (nSPS) is 19.2. The van der Waals surface area contributed by atoms with Gasteiger partial charge < -0.3 is 4.74 Å². The molecular weight excluding hydrogens is 200 g/mol. The molecule has 1 aromatic carbocycles. The Morgan fingerprint density at radius 3 is 3.06 bits per heavy atom. The summed E-state index contributed by atoms with van der Waals surface area (Å²) >= 11 is 0. The first-order valence-corrected chi connectivity index (χ1v) is 5.96. The van der Waals surface area contributed by atoms with Crippen LogP contribution < -0.4 is 0 Å². The van der Waals surface area contributed by atoms with Crippen LogP contribution in [0.4, 0.5) is 0 Å². The number of ether oxygens (including phenoxy) is 1. The zero-order valence-corrected chi connectivity index (χ0v) is 9.95. The van der Waals surface area contributed by atoms with E-state index in [1.54, 1.807) is 0 Å². The number of carbonyl (C=O) groups is 1. The van der Waals surface area contributed by atoms with E-state index >= 15 is 0 Å². The van der Waals surface area contributed by atoms with Crippen molar-refractivity contribution in [3.63, 3.8) is 0 Å². The molecule has 2 rings (SSSR count). The summed E-state index contributed by atoms with van der Waals surface area (Å²) in [7, 11) is 0. The fraction of sp³-hybridized carbons (Fsp3) is 0.500. The molecule has 86 valence electrons. The van der Waals surface area contributed by atoms with Crippen LogP contribution in [-0.4, -0.2) is 12.4 Å². The van der Waals surface area contributed by atoms with Crippen molar-refractivity contribution >= 4 is 5.78 Å². The Labute approximate surface area is 96.6 Å². The molecule has 2 heteroatoms. The topological polar surface area (TPSA) is 26.3 Å². The number of Topliss-reactive ketones (excluding diaryl/α,β-unsaturated/α-hetero) is 1. The van der Waals surface area contributed by atoms with Crippen molar-refractivity contribution in [2.45, 2.75) is 39.2 Å². The van der Waals surface area contributed by atoms with E-state index in [2.05, 4.69) is 13.0 Å². The third-order valence-electron chi connectivity index (χ3n) is 3.10. The maximum Gasteiger partial charge on any atom is 0.162 e. The summed E-state index contributed by atoms with van der Waals surface area (Å²) in [6, 6.07) is 6.02. The predicted molar refractivity (Wildman–Crippen MR) is 63.8 cm³/mol. The number of hydrogen-bond donors (Lipinski definition) is 0. The molecule has 0 radical (unpaired) electrons. The van der Waals surface area contributed by atoms with E-state index in [1.165, 1.54) is 11.1 Å². The van der Waals surface area contributed by atoms with Gasteiger partial charge in [0, 0.05) is 17.9 Å². The minimum atomic E-state index is 0.254. The van der Waals surface area contributed by atoms with Crippen LogP contribution in [0.3, 0.4) is 0 Å². The van der Waals surface area contributed by atoms with Gasteiger partial charge in [0.05, 0.1) is 13.2 Å². The molecule has 0 bridgehead atoms. The molecule has 1 atom stereocenters. The molecule has 1 aliphatic heterocycles. The van der Waals surface area contributed by atoms with Gasteiger partial charge in [0.1, 0.15) is 0 Å². The maximum atomic E-state index is 11.8. The Morgan fingerprint density at radius 2 is 2.31 bits per heavy atom. The lowest BCUT2D eigenvalue weighted by Gasteiger charge is -2.23. The van der Waals surface area contributed by atoms with Crippen molar-refractivity contribution in [2.75, 3.05) is 6.61 Å². The first kappa shape index (κ1) is 11.3. The van der Waals surface area contributed by atoms with Gasteiger partial charge in [0.25, 0.3) is 0 Å². The van der Waals surface area contributed by atoms with Crippen LogP contribution in [0.5, 0.6) is 0 Å². The average Bonchev–Trinajstić information content (AvgIpc) is 2.29. The van der Waals surface area contributed by atoms with Crippen molar-refractivity contribution in [2.24, 2.45) is 0 Å². The lowest BCUT2D eigenvalue weighted by atomic mass is 9.91. The second kappa shape index (κ2) is 4.79. The van der Waals surface area contributed by atoms with Gasteiger partial charge in [0.15, 0.2) is 5.78 Å². The van der Waals surface area contributed by atoms with Gasteiger partial charge in [0.2, 0.25) is 0 Å². The van der Waals surface area contributed by atoms with Gasteiger partial charge >= 0.3 is 0 Å². The van der Waals surface area contributed by atoms with E-state index in [9.17, 15) is 4.79 Å². The van der Waals surface area contributed by atoms with E-state index in [4.69, 9.17) is 4.74 Å². The summed E-state index contributed by atoms with van der Waals surface area (Å²) in [5.41, 5.74) is 3.37. The first-order chi connectivity index (χ1) is 7.72. The molecule has 1 heterocycles. The molecule has 0 aromatic heterocycles. The number of fused-ring (bicyclic) bond motifs is 1. The Bertz CT molecular complexity index is 396. The fourth-order valence-corrected chi connectivity index (χ4v) is 2.17. The zero-order valence-electron chi connectivity index (χ0n) is 9.95. The van der Waals surface area contributed by atoms with Crippen LogP contribution >= 0.6 is 0 Å². The molecule has 0 saturated heterocycles. The van der Waals surface area contributed by atoms with Gasteiger partial charge in [-0.25, -0.2) is 0 Å². The van der Waals surface area contributed by atoms with Gasteiger partial charge in [-0.2, -0.15) is 0 Å². The number of hydrogen-bond acceptors (Lipinski definition) is 2. The van der Waals surface area contributed by atoms with Crippen molar-refractivity contribution in [1.82, 2.24) is 0 Å². The monoisotopic (exact) mass is 218 g/mol. The summed E-state index contributed by atoms with van der Waals surface area (Å²) in [4.78, 5) is 11.8. The third-order valence-corrected chi connectivity index (χ3v) is 3.10. The second-order valence-corrected chi connectivity index (χ2v) is 4.50. The highest BCUT2D eigenvalue weighted by atomic mass is 16.5. The lowest BCUT2D eigenvalue weighted by Crippen LogP contribution is -2.15. The zero-order chi connectivity index (χ0) is 11.5. The van der Waals surface area contributed by atoms with Crippen molar-refractivity contribution in [3.05, 3.63) is 34.9 Å². The highest BCUT2D eigenvalue weighted by Crippen LogP contribution is 2.27. The predicted octanol–water partition coefficient (Wildman–Crippen LogP) is 3.30. The number of ketones is 1. The fourth-order valence-electron chi connectivity index (χ4n) is 2.17. The van der Waals surface area contributed by atoms with Gasteiger partial charge in [-0.1, -0.05) is 26.0 Å². The van der Waals surface area contributed by atoms with E-state index in [0.29, 0.717) is 18.9 Å². The molecular formula is C14H18O2. The molecule has 0 N–H and O–H groups in total. The van der Waals surface area contributed by atoms with Crippen molar-refractivity contribution in [1.29, 1.82) is 0 Å². The van der Waals surface area contributed by atoms with Gasteiger partial charge in [-0.3, -0.25) is 4.79 Å². The Hall–Kier alpha value is -1.15. The third kappa shape index (κ3) is 2.17. The molecule has 0 fully saturated rings. The Balaban J connectivity index is 2.30. The number of benzene rings is 1. The van der Waals surface area contributed by atoms with Gasteiger partial charge in [-0.15, -0.1) is 0 Å². The Kier molecular flexibility index (Phi) is 3.39. The average molecular weight is 218 g/mol. The summed E-state index contributed by atoms with van der Waals surface area (Å²) in [5, 5.41) is 0. The van der Waals surface area contributed by atoms with Crippen LogP contribution in [-0.2, 0) is 11.3 Å². The van der Waals surface area contributed by atoms with E-state index < -0.39 is 0 Å². The second-order valence-electron chi connectivity index (χ2n) is 4.50. The van der Waals surface area contributed by atoms with Crippen LogP contribution in [0.15, 0.2) is 18.2 Å². The van der Waals surface area contributed by atoms with Crippen molar-refractivity contribution < 1.29 is 9.53 Å². The minimum Gasteiger partial charge on any atom is -0.376 e. The van der Waals surface area contributed by atoms with Crippen LogP contribution in [0.25, 0.3) is 0 Å². The molecule has 0 saturated carbocycles. The molecule has 16 heavy (non-hydrogen) atoms. The van der Waals surface area contributed by atoms with E-state index in [1.807, 2.05) is 19.1 Å². The van der Waals surface area contributed by atoms with Crippen LogP contribution in [0.2, 0.25) is 0 Å². The summed E-state index contributed by atoms with van der Waals surface area (Å²) in [6.07, 6.45) is 1.55. The molecule has 0 spiro atoms. The van der Waals surface area contributed by atoms with Crippen molar-refractivity contribution in [3.8, 4) is 0 Å². The number of rotatable bonds is 3. The van der Waals surface area contributed by atoms with E-state index in [-0.39, 0.29) is 5.78 Å². The molecule has 0 aliphatic carbocycles. The molecule has 2 nitrogen and oxygen atoms in total. The Morgan fingerprint density at radius 1 is 1.50 bits per heavy atom. The van der Waals surface area contributed by atoms with Gasteiger partial charge in [-0.05, 0) is 23.6 Å². The smallest absolute Gasteiger partial charge is 0.162 e. The highest BCUT2D eigenvalue weighted by molar-refractivity contribution is 5.96.